The predicted octanol–water partition coefficient (Wildman–Crippen LogP) is 2.75. The van der Waals surface area contributed by atoms with Crippen molar-refractivity contribution in [3.05, 3.63) is 41.7 Å². The maximum atomic E-state index is 11.2. The molecular formula is C13H11NO2. The minimum Gasteiger partial charge on any atom is -0.461 e. The van der Waals surface area contributed by atoms with Crippen molar-refractivity contribution in [3.8, 4) is 11.3 Å². The summed E-state index contributed by atoms with van der Waals surface area (Å²) in [6, 6.07) is 9.78. The van der Waals surface area contributed by atoms with Crippen LogP contribution in [0.25, 0.3) is 11.3 Å². The van der Waals surface area contributed by atoms with Crippen LogP contribution in [-0.4, -0.2) is 5.91 Å². The zero-order valence-electron chi connectivity index (χ0n) is 8.91. The van der Waals surface area contributed by atoms with Crippen LogP contribution in [0.4, 0.5) is 5.69 Å². The van der Waals surface area contributed by atoms with E-state index in [9.17, 15) is 4.79 Å². The topological polar surface area (TPSA) is 42.2 Å². The number of amides is 1. The first-order valence-electron chi connectivity index (χ1n) is 5.22. The molecule has 0 saturated heterocycles. The van der Waals surface area contributed by atoms with Gasteiger partial charge in [0, 0.05) is 11.3 Å². The molecule has 1 amide bonds. The first-order valence-corrected chi connectivity index (χ1v) is 5.22. The summed E-state index contributed by atoms with van der Waals surface area (Å²) < 4.78 is 5.54. The zero-order valence-corrected chi connectivity index (χ0v) is 8.91. The van der Waals surface area contributed by atoms with E-state index in [1.165, 1.54) is 0 Å². The lowest BCUT2D eigenvalue weighted by atomic mass is 10.1. The number of aryl methyl sites for hydroxylation is 1. The molecule has 0 aliphatic carbocycles. The Labute approximate surface area is 93.1 Å². The van der Waals surface area contributed by atoms with Crippen molar-refractivity contribution in [2.75, 3.05) is 5.32 Å². The summed E-state index contributed by atoms with van der Waals surface area (Å²) in [6.45, 7) is 1.92. The third-order valence-corrected chi connectivity index (χ3v) is 2.76. The Kier molecular flexibility index (Phi) is 1.86. The molecule has 0 spiro atoms. The maximum absolute atomic E-state index is 11.2. The molecule has 1 aliphatic rings. The molecule has 0 unspecified atom stereocenters. The number of carbonyl (C=O) groups excluding carboxylic acids is 1. The molecular weight excluding hydrogens is 202 g/mol. The SMILES string of the molecule is Cc1ccc(-c2ccc3c(c2)NC(=O)C3)o1. The molecule has 0 saturated carbocycles. The van der Waals surface area contributed by atoms with Gasteiger partial charge < -0.3 is 9.73 Å². The van der Waals surface area contributed by atoms with Crippen molar-refractivity contribution >= 4 is 11.6 Å². The van der Waals surface area contributed by atoms with E-state index < -0.39 is 0 Å². The maximum Gasteiger partial charge on any atom is 0.228 e. The molecule has 2 aromatic rings. The van der Waals surface area contributed by atoms with Gasteiger partial charge in [-0.1, -0.05) is 12.1 Å². The van der Waals surface area contributed by atoms with Gasteiger partial charge in [-0.25, -0.2) is 0 Å². The third-order valence-electron chi connectivity index (χ3n) is 2.76. The number of benzene rings is 1. The van der Waals surface area contributed by atoms with Gasteiger partial charge in [0.2, 0.25) is 5.91 Å². The summed E-state index contributed by atoms with van der Waals surface area (Å²) in [4.78, 5) is 11.2. The van der Waals surface area contributed by atoms with Gasteiger partial charge >= 0.3 is 0 Å². The first-order chi connectivity index (χ1) is 7.72. The Morgan fingerprint density at radius 1 is 1.25 bits per heavy atom. The van der Waals surface area contributed by atoms with Crippen LogP contribution < -0.4 is 5.32 Å². The van der Waals surface area contributed by atoms with Crippen molar-refractivity contribution in [3.63, 3.8) is 0 Å². The summed E-state index contributed by atoms with van der Waals surface area (Å²) in [6.07, 6.45) is 0.479. The molecule has 1 N–H and O–H groups in total. The quantitative estimate of drug-likeness (QED) is 0.791. The zero-order chi connectivity index (χ0) is 11.1. The summed E-state index contributed by atoms with van der Waals surface area (Å²) in [5.41, 5.74) is 2.95. The molecule has 0 fully saturated rings. The Bertz CT molecular complexity index is 569. The summed E-state index contributed by atoms with van der Waals surface area (Å²) in [5.74, 6) is 1.78. The van der Waals surface area contributed by atoms with Gasteiger partial charge in [0.25, 0.3) is 0 Å². The summed E-state index contributed by atoms with van der Waals surface area (Å²) in [7, 11) is 0. The van der Waals surface area contributed by atoms with Crippen LogP contribution in [0.1, 0.15) is 11.3 Å². The molecule has 3 rings (SSSR count). The number of rotatable bonds is 1. The smallest absolute Gasteiger partial charge is 0.228 e. The second kappa shape index (κ2) is 3.23. The standard InChI is InChI=1S/C13H11NO2/c1-8-2-5-12(16-8)10-4-3-9-7-13(15)14-11(9)6-10/h2-6H,7H2,1H3,(H,14,15). The van der Waals surface area contributed by atoms with Gasteiger partial charge in [-0.05, 0) is 30.7 Å². The van der Waals surface area contributed by atoms with Gasteiger partial charge in [0.1, 0.15) is 11.5 Å². The minimum absolute atomic E-state index is 0.0581. The van der Waals surface area contributed by atoms with Gasteiger partial charge in [0.05, 0.1) is 6.42 Å². The van der Waals surface area contributed by atoms with Crippen LogP contribution in [0.3, 0.4) is 0 Å². The number of nitrogens with one attached hydrogen (secondary N) is 1. The Hall–Kier alpha value is -2.03. The summed E-state index contributed by atoms with van der Waals surface area (Å²) in [5, 5.41) is 2.83. The highest BCUT2D eigenvalue weighted by atomic mass is 16.3. The van der Waals surface area contributed by atoms with E-state index in [4.69, 9.17) is 4.42 Å². The molecule has 1 aromatic carbocycles. The fraction of sp³-hybridized carbons (Fsp3) is 0.154. The second-order valence-electron chi connectivity index (χ2n) is 4.01. The normalized spacial score (nSPS) is 13.7. The van der Waals surface area contributed by atoms with Crippen molar-refractivity contribution in [2.24, 2.45) is 0 Å². The second-order valence-corrected chi connectivity index (χ2v) is 4.01. The van der Waals surface area contributed by atoms with Gasteiger partial charge in [-0.15, -0.1) is 0 Å². The van der Waals surface area contributed by atoms with E-state index in [1.54, 1.807) is 0 Å². The first kappa shape index (κ1) is 9.21. The molecule has 0 bridgehead atoms. The van der Waals surface area contributed by atoms with Crippen LogP contribution in [0.2, 0.25) is 0 Å². The molecule has 0 atom stereocenters. The largest absolute Gasteiger partial charge is 0.461 e. The Morgan fingerprint density at radius 2 is 2.12 bits per heavy atom. The van der Waals surface area contributed by atoms with E-state index in [2.05, 4.69) is 5.32 Å². The van der Waals surface area contributed by atoms with Crippen molar-refractivity contribution < 1.29 is 9.21 Å². The van der Waals surface area contributed by atoms with Crippen LogP contribution in [0, 0.1) is 6.92 Å². The molecule has 1 aliphatic heterocycles. The lowest BCUT2D eigenvalue weighted by Gasteiger charge is -2.01. The van der Waals surface area contributed by atoms with Gasteiger partial charge in [-0.2, -0.15) is 0 Å². The average Bonchev–Trinajstić information content (AvgIpc) is 2.81. The average molecular weight is 213 g/mol. The Morgan fingerprint density at radius 3 is 2.88 bits per heavy atom. The highest BCUT2D eigenvalue weighted by molar-refractivity contribution is 5.99. The number of fused-ring (bicyclic) bond motifs is 1. The molecule has 3 nitrogen and oxygen atoms in total. The highest BCUT2D eigenvalue weighted by Crippen LogP contribution is 2.30. The highest BCUT2D eigenvalue weighted by Gasteiger charge is 2.18. The lowest BCUT2D eigenvalue weighted by Crippen LogP contribution is -2.03. The van der Waals surface area contributed by atoms with E-state index >= 15 is 0 Å². The minimum atomic E-state index is 0.0581. The third kappa shape index (κ3) is 1.41. The van der Waals surface area contributed by atoms with Gasteiger partial charge in [-0.3, -0.25) is 4.79 Å². The number of hydrogen-bond acceptors (Lipinski definition) is 2. The Balaban J connectivity index is 2.05. The summed E-state index contributed by atoms with van der Waals surface area (Å²) >= 11 is 0. The van der Waals surface area contributed by atoms with E-state index in [0.29, 0.717) is 6.42 Å². The monoisotopic (exact) mass is 213 g/mol. The molecule has 1 aromatic heterocycles. The number of hydrogen-bond donors (Lipinski definition) is 1. The molecule has 80 valence electrons. The van der Waals surface area contributed by atoms with E-state index in [-0.39, 0.29) is 5.91 Å². The molecule has 0 radical (unpaired) electrons. The number of anilines is 1. The van der Waals surface area contributed by atoms with Crippen molar-refractivity contribution in [2.45, 2.75) is 13.3 Å². The van der Waals surface area contributed by atoms with Gasteiger partial charge in [0.15, 0.2) is 0 Å². The molecule has 16 heavy (non-hydrogen) atoms. The predicted molar refractivity (Wildman–Crippen MR) is 61.2 cm³/mol. The lowest BCUT2D eigenvalue weighted by molar-refractivity contribution is -0.115. The van der Waals surface area contributed by atoms with Crippen molar-refractivity contribution in [1.82, 2.24) is 0 Å². The van der Waals surface area contributed by atoms with Crippen LogP contribution >= 0.6 is 0 Å². The van der Waals surface area contributed by atoms with Crippen molar-refractivity contribution in [1.29, 1.82) is 0 Å². The van der Waals surface area contributed by atoms with Crippen LogP contribution in [0.5, 0.6) is 0 Å². The van der Waals surface area contributed by atoms with Crippen LogP contribution in [-0.2, 0) is 11.2 Å². The van der Waals surface area contributed by atoms with E-state index in [1.807, 2.05) is 37.3 Å². The fourth-order valence-electron chi connectivity index (χ4n) is 1.96. The van der Waals surface area contributed by atoms with Crippen LogP contribution in [0.15, 0.2) is 34.7 Å². The number of carbonyl (C=O) groups is 1. The van der Waals surface area contributed by atoms with E-state index in [0.717, 1.165) is 28.3 Å². The number of furan rings is 1. The fourth-order valence-corrected chi connectivity index (χ4v) is 1.96. The molecule has 3 heteroatoms. The molecule has 2 heterocycles.